The van der Waals surface area contributed by atoms with Crippen LogP contribution in [0.2, 0.25) is 0 Å². The molecule has 26 heavy (non-hydrogen) atoms. The maximum atomic E-state index is 12.8. The number of rotatable bonds is 5. The summed E-state index contributed by atoms with van der Waals surface area (Å²) in [7, 11) is -1.34. The average Bonchev–Trinajstić information content (AvgIpc) is 2.64. The van der Waals surface area contributed by atoms with Crippen LogP contribution in [0.25, 0.3) is 0 Å². The normalized spacial score (nSPS) is 21.0. The Bertz CT molecular complexity index is 757. The number of nitrogens with zero attached hydrogens (tertiary/aromatic N) is 2. The van der Waals surface area contributed by atoms with Crippen LogP contribution in [0.5, 0.6) is 11.5 Å². The number of methoxy groups -OCH3 is 1. The fraction of sp³-hybridized carbons (Fsp3) is 0.611. The van der Waals surface area contributed by atoms with Gasteiger partial charge in [0.2, 0.25) is 5.91 Å². The average molecular weight is 382 g/mol. The second-order valence-corrected chi connectivity index (χ2v) is 9.22. The molecular weight excluding hydrogens is 356 g/mol. The van der Waals surface area contributed by atoms with E-state index in [1.807, 2.05) is 23.1 Å². The van der Waals surface area contributed by atoms with Crippen LogP contribution in [0, 0.1) is 5.92 Å². The van der Waals surface area contributed by atoms with Gasteiger partial charge in [0.25, 0.3) is 0 Å². The van der Waals surface area contributed by atoms with Gasteiger partial charge in [0.15, 0.2) is 11.5 Å². The summed E-state index contributed by atoms with van der Waals surface area (Å²) in [4.78, 5) is 16.8. The van der Waals surface area contributed by atoms with Crippen LogP contribution in [-0.4, -0.2) is 82.6 Å². The van der Waals surface area contributed by atoms with Crippen LogP contribution < -0.4 is 9.47 Å². The van der Waals surface area contributed by atoms with E-state index < -0.39 is 9.84 Å². The molecule has 8 heteroatoms. The zero-order valence-corrected chi connectivity index (χ0v) is 16.1. The van der Waals surface area contributed by atoms with Gasteiger partial charge in [-0.2, -0.15) is 0 Å². The molecular formula is C18H26N2O5S. The molecule has 0 spiro atoms. The van der Waals surface area contributed by atoms with Crippen LogP contribution in [0.4, 0.5) is 0 Å². The van der Waals surface area contributed by atoms with Crippen LogP contribution in [0.3, 0.4) is 0 Å². The molecule has 0 aromatic heterocycles. The third-order valence-corrected chi connectivity index (χ3v) is 5.91. The molecule has 0 saturated carbocycles. The number of hydrogen-bond donors (Lipinski definition) is 0. The van der Waals surface area contributed by atoms with Gasteiger partial charge in [0.05, 0.1) is 18.8 Å². The van der Waals surface area contributed by atoms with E-state index in [4.69, 9.17) is 9.47 Å². The van der Waals surface area contributed by atoms with Crippen molar-refractivity contribution in [3.63, 3.8) is 0 Å². The molecule has 2 aliphatic heterocycles. The molecule has 0 radical (unpaired) electrons. The fourth-order valence-corrected chi connectivity index (χ4v) is 4.05. The highest BCUT2D eigenvalue weighted by Crippen LogP contribution is 2.36. The van der Waals surface area contributed by atoms with Gasteiger partial charge in [-0.15, -0.1) is 0 Å². The second kappa shape index (κ2) is 7.84. The lowest BCUT2D eigenvalue weighted by atomic mass is 9.95. The number of para-hydroxylation sites is 1. The summed E-state index contributed by atoms with van der Waals surface area (Å²) in [6.07, 6.45) is 1.91. The molecule has 0 bridgehead atoms. The molecule has 2 aliphatic rings. The van der Waals surface area contributed by atoms with Gasteiger partial charge in [0.1, 0.15) is 16.4 Å². The number of carbonyl (C=O) groups is 1. The van der Waals surface area contributed by atoms with E-state index in [0.717, 1.165) is 11.3 Å². The van der Waals surface area contributed by atoms with Crippen molar-refractivity contribution < 1.29 is 22.7 Å². The predicted molar refractivity (Wildman–Crippen MR) is 98.4 cm³/mol. The van der Waals surface area contributed by atoms with Crippen molar-refractivity contribution in [2.45, 2.75) is 6.42 Å². The third kappa shape index (κ3) is 4.48. The molecule has 1 fully saturated rings. The van der Waals surface area contributed by atoms with Crippen LogP contribution in [-0.2, 0) is 21.1 Å². The number of benzene rings is 1. The number of amides is 1. The topological polar surface area (TPSA) is 76.2 Å². The smallest absolute Gasteiger partial charge is 0.229 e. The number of sulfone groups is 1. The van der Waals surface area contributed by atoms with Crippen LogP contribution in [0.15, 0.2) is 18.2 Å². The molecule has 7 nitrogen and oxygen atoms in total. The predicted octanol–water partition coefficient (Wildman–Crippen LogP) is 0.435. The summed E-state index contributed by atoms with van der Waals surface area (Å²) in [5.74, 6) is 1.53. The van der Waals surface area contributed by atoms with E-state index in [1.165, 1.54) is 6.26 Å². The van der Waals surface area contributed by atoms with Gasteiger partial charge >= 0.3 is 0 Å². The van der Waals surface area contributed by atoms with Gasteiger partial charge < -0.3 is 14.4 Å². The molecule has 2 heterocycles. The Hall–Kier alpha value is -1.80. The SMILES string of the molecule is COc1cccc2c1OC[C@H](C(=O)N1CCN(CCS(C)(=O)=O)CC1)C2. The molecule has 1 saturated heterocycles. The summed E-state index contributed by atoms with van der Waals surface area (Å²) >= 11 is 0. The first-order chi connectivity index (χ1) is 12.4. The molecule has 0 N–H and O–H groups in total. The highest BCUT2D eigenvalue weighted by atomic mass is 32.2. The Morgan fingerprint density at radius 1 is 1.27 bits per heavy atom. The number of piperazine rings is 1. The third-order valence-electron chi connectivity index (χ3n) is 4.99. The van der Waals surface area contributed by atoms with E-state index in [1.54, 1.807) is 7.11 Å². The van der Waals surface area contributed by atoms with Crippen molar-refractivity contribution in [1.82, 2.24) is 9.80 Å². The highest BCUT2D eigenvalue weighted by molar-refractivity contribution is 7.90. The number of fused-ring (bicyclic) bond motifs is 1. The van der Waals surface area contributed by atoms with Gasteiger partial charge in [-0.25, -0.2) is 8.42 Å². The molecule has 0 unspecified atom stereocenters. The van der Waals surface area contributed by atoms with Crippen molar-refractivity contribution in [3.8, 4) is 11.5 Å². The number of carbonyl (C=O) groups excluding carboxylic acids is 1. The minimum atomic E-state index is -2.95. The van der Waals surface area contributed by atoms with Crippen molar-refractivity contribution in [1.29, 1.82) is 0 Å². The zero-order valence-electron chi connectivity index (χ0n) is 15.3. The van der Waals surface area contributed by atoms with Crippen molar-refractivity contribution >= 4 is 15.7 Å². The first-order valence-corrected chi connectivity index (χ1v) is 10.9. The lowest BCUT2D eigenvalue weighted by Gasteiger charge is -2.37. The van der Waals surface area contributed by atoms with Crippen molar-refractivity contribution in [2.75, 3.05) is 58.4 Å². The molecule has 3 rings (SSSR count). The molecule has 1 amide bonds. The first kappa shape index (κ1) is 19.0. The van der Waals surface area contributed by atoms with Crippen LogP contribution in [0.1, 0.15) is 5.56 Å². The van der Waals surface area contributed by atoms with Crippen LogP contribution >= 0.6 is 0 Å². The fourth-order valence-electron chi connectivity index (χ4n) is 3.46. The van der Waals surface area contributed by atoms with Crippen molar-refractivity contribution in [3.05, 3.63) is 23.8 Å². The molecule has 1 aromatic rings. The first-order valence-electron chi connectivity index (χ1n) is 8.85. The Kier molecular flexibility index (Phi) is 5.72. The summed E-state index contributed by atoms with van der Waals surface area (Å²) < 4.78 is 33.7. The minimum absolute atomic E-state index is 0.112. The second-order valence-electron chi connectivity index (χ2n) is 6.96. The monoisotopic (exact) mass is 382 g/mol. The Labute approximate surface area is 154 Å². The van der Waals surface area contributed by atoms with Gasteiger partial charge in [-0.3, -0.25) is 9.69 Å². The summed E-state index contributed by atoms with van der Waals surface area (Å²) in [5, 5.41) is 0. The Morgan fingerprint density at radius 2 is 2.00 bits per heavy atom. The van der Waals surface area contributed by atoms with E-state index in [2.05, 4.69) is 4.90 Å². The van der Waals surface area contributed by atoms with E-state index in [9.17, 15) is 13.2 Å². The molecule has 144 valence electrons. The zero-order chi connectivity index (χ0) is 18.7. The number of ether oxygens (including phenoxy) is 2. The van der Waals surface area contributed by atoms with Gasteiger partial charge in [-0.1, -0.05) is 12.1 Å². The molecule has 1 atom stereocenters. The maximum Gasteiger partial charge on any atom is 0.229 e. The number of hydrogen-bond acceptors (Lipinski definition) is 6. The standard InChI is InChI=1S/C18H26N2O5S/c1-24-16-5-3-4-14-12-15(13-25-17(14)16)18(21)20-8-6-19(7-9-20)10-11-26(2,22)23/h3-5,15H,6-13H2,1-2H3/t15-/m1/s1. The lowest BCUT2D eigenvalue weighted by Crippen LogP contribution is -2.52. The maximum absolute atomic E-state index is 12.8. The summed E-state index contributed by atoms with van der Waals surface area (Å²) in [6, 6.07) is 5.74. The Balaban J connectivity index is 1.54. The van der Waals surface area contributed by atoms with E-state index in [0.29, 0.717) is 51.5 Å². The van der Waals surface area contributed by atoms with Gasteiger partial charge in [-0.05, 0) is 18.1 Å². The lowest BCUT2D eigenvalue weighted by molar-refractivity contribution is -0.138. The van der Waals surface area contributed by atoms with E-state index >= 15 is 0 Å². The molecule has 0 aliphatic carbocycles. The summed E-state index contributed by atoms with van der Waals surface area (Å²) in [5.41, 5.74) is 1.00. The van der Waals surface area contributed by atoms with E-state index in [-0.39, 0.29) is 17.6 Å². The minimum Gasteiger partial charge on any atom is -0.493 e. The highest BCUT2D eigenvalue weighted by Gasteiger charge is 2.32. The van der Waals surface area contributed by atoms with Gasteiger partial charge in [0, 0.05) is 39.0 Å². The Morgan fingerprint density at radius 3 is 2.65 bits per heavy atom. The quantitative estimate of drug-likeness (QED) is 0.735. The molecule has 1 aromatic carbocycles. The largest absolute Gasteiger partial charge is 0.493 e. The summed E-state index contributed by atoms with van der Waals surface area (Å²) in [6.45, 7) is 3.56. The van der Waals surface area contributed by atoms with Crippen molar-refractivity contribution in [2.24, 2.45) is 5.92 Å².